The van der Waals surface area contributed by atoms with Gasteiger partial charge in [-0.1, -0.05) is 11.8 Å². The number of nitrogens with two attached hydrogens (primary N) is 2. The van der Waals surface area contributed by atoms with Gasteiger partial charge in [-0.15, -0.1) is 24.8 Å². The van der Waals surface area contributed by atoms with Crippen molar-refractivity contribution in [1.82, 2.24) is 4.98 Å². The minimum absolute atomic E-state index is 0. The Morgan fingerprint density at radius 2 is 2.12 bits per heavy atom. The van der Waals surface area contributed by atoms with Crippen LogP contribution in [0.5, 0.6) is 0 Å². The van der Waals surface area contributed by atoms with Crippen LogP contribution in [0, 0.1) is 17.7 Å². The molecule has 0 unspecified atom stereocenters. The van der Waals surface area contributed by atoms with Crippen LogP contribution in [0.15, 0.2) is 12.3 Å². The average molecular weight is 266 g/mol. The number of anilines is 1. The van der Waals surface area contributed by atoms with Crippen LogP contribution in [0.4, 0.5) is 10.2 Å². The first kappa shape index (κ1) is 17.4. The Hall–Kier alpha value is -1.02. The highest BCUT2D eigenvalue weighted by Crippen LogP contribution is 2.06. The highest BCUT2D eigenvalue weighted by atomic mass is 35.5. The van der Waals surface area contributed by atoms with E-state index in [4.69, 9.17) is 11.5 Å². The van der Waals surface area contributed by atoms with E-state index in [0.29, 0.717) is 6.42 Å². The lowest BCUT2D eigenvalue weighted by molar-refractivity contribution is 0.623. The summed E-state index contributed by atoms with van der Waals surface area (Å²) in [6.45, 7) is 1.84. The molecule has 0 bridgehead atoms. The van der Waals surface area contributed by atoms with Gasteiger partial charge >= 0.3 is 0 Å². The van der Waals surface area contributed by atoms with Gasteiger partial charge in [0.1, 0.15) is 11.6 Å². The molecule has 0 amide bonds. The van der Waals surface area contributed by atoms with Crippen LogP contribution >= 0.6 is 24.8 Å². The van der Waals surface area contributed by atoms with E-state index in [1.54, 1.807) is 0 Å². The van der Waals surface area contributed by atoms with Crippen LogP contribution in [0.25, 0.3) is 0 Å². The molecular formula is C10H14Cl2FN3. The molecule has 0 aliphatic carbocycles. The van der Waals surface area contributed by atoms with E-state index in [-0.39, 0.29) is 42.2 Å². The highest BCUT2D eigenvalue weighted by Gasteiger charge is 1.99. The maximum absolute atomic E-state index is 13.1. The minimum Gasteiger partial charge on any atom is -0.384 e. The zero-order chi connectivity index (χ0) is 10.6. The molecule has 1 rings (SSSR count). The van der Waals surface area contributed by atoms with Crippen molar-refractivity contribution in [3.8, 4) is 11.8 Å². The van der Waals surface area contributed by atoms with Gasteiger partial charge in [-0.25, -0.2) is 9.37 Å². The van der Waals surface area contributed by atoms with Crippen LogP contribution in [-0.2, 0) is 0 Å². The van der Waals surface area contributed by atoms with Crippen LogP contribution < -0.4 is 11.5 Å². The summed E-state index contributed by atoms with van der Waals surface area (Å²) >= 11 is 0. The molecule has 0 radical (unpaired) electrons. The number of aromatic nitrogens is 1. The largest absolute Gasteiger partial charge is 0.384 e. The molecule has 0 saturated heterocycles. The summed E-state index contributed by atoms with van der Waals surface area (Å²) in [4.78, 5) is 3.74. The number of pyridine rings is 1. The molecule has 1 heterocycles. The molecule has 0 saturated carbocycles. The third-order valence-corrected chi connectivity index (χ3v) is 1.52. The molecule has 90 valence electrons. The van der Waals surface area contributed by atoms with Crippen molar-refractivity contribution < 1.29 is 4.39 Å². The molecule has 0 aliphatic rings. The van der Waals surface area contributed by atoms with Gasteiger partial charge in [0.15, 0.2) is 0 Å². The molecule has 1 atom stereocenters. The third-order valence-electron chi connectivity index (χ3n) is 1.52. The average Bonchev–Trinajstić information content (AvgIpc) is 2.08. The van der Waals surface area contributed by atoms with Gasteiger partial charge in [0.2, 0.25) is 0 Å². The Labute approximate surface area is 107 Å². The van der Waals surface area contributed by atoms with Crippen molar-refractivity contribution >= 4 is 30.6 Å². The van der Waals surface area contributed by atoms with Crippen molar-refractivity contribution in [2.45, 2.75) is 19.4 Å². The van der Waals surface area contributed by atoms with Gasteiger partial charge in [0.25, 0.3) is 0 Å². The first-order valence-corrected chi connectivity index (χ1v) is 4.25. The lowest BCUT2D eigenvalue weighted by atomic mass is 10.2. The second-order valence-electron chi connectivity index (χ2n) is 3.07. The van der Waals surface area contributed by atoms with Crippen molar-refractivity contribution in [3.63, 3.8) is 0 Å². The lowest BCUT2D eigenvalue weighted by Crippen LogP contribution is -2.12. The quantitative estimate of drug-likeness (QED) is 0.761. The maximum Gasteiger partial charge on any atom is 0.144 e. The lowest BCUT2D eigenvalue weighted by Gasteiger charge is -1.96. The number of hydrogen-bond acceptors (Lipinski definition) is 3. The number of nitrogen functional groups attached to an aromatic ring is 1. The molecule has 4 N–H and O–H groups in total. The van der Waals surface area contributed by atoms with Gasteiger partial charge in [0, 0.05) is 24.7 Å². The summed E-state index contributed by atoms with van der Waals surface area (Å²) in [6.07, 6.45) is 1.85. The molecule has 16 heavy (non-hydrogen) atoms. The SMILES string of the molecule is C[C@H](N)CC#Cc1cnc(N)cc1F.Cl.Cl. The maximum atomic E-state index is 13.1. The molecule has 3 nitrogen and oxygen atoms in total. The number of rotatable bonds is 1. The molecule has 1 aromatic heterocycles. The Bertz CT molecular complexity index is 385. The Balaban J connectivity index is 0. The fourth-order valence-corrected chi connectivity index (χ4v) is 0.845. The normalized spacial score (nSPS) is 10.2. The van der Waals surface area contributed by atoms with E-state index in [1.165, 1.54) is 6.20 Å². The summed E-state index contributed by atoms with van der Waals surface area (Å²) in [6, 6.07) is 1.14. The second kappa shape index (κ2) is 8.17. The van der Waals surface area contributed by atoms with Crippen molar-refractivity contribution in [2.24, 2.45) is 5.73 Å². The Kier molecular flexibility index (Phi) is 8.87. The van der Waals surface area contributed by atoms with E-state index in [0.717, 1.165) is 6.07 Å². The third kappa shape index (κ3) is 5.76. The molecule has 1 aromatic rings. The predicted molar refractivity (Wildman–Crippen MR) is 68.2 cm³/mol. The highest BCUT2D eigenvalue weighted by molar-refractivity contribution is 5.85. The molecular weight excluding hydrogens is 252 g/mol. The minimum atomic E-state index is -0.449. The monoisotopic (exact) mass is 265 g/mol. The Morgan fingerprint density at radius 3 is 2.62 bits per heavy atom. The molecule has 0 fully saturated rings. The summed E-state index contributed by atoms with van der Waals surface area (Å²) in [7, 11) is 0. The molecule has 0 aromatic carbocycles. The summed E-state index contributed by atoms with van der Waals surface area (Å²) < 4.78 is 13.1. The van der Waals surface area contributed by atoms with Gasteiger partial charge < -0.3 is 11.5 Å². The van der Waals surface area contributed by atoms with E-state index in [2.05, 4.69) is 16.8 Å². The standard InChI is InChI=1S/C10H12FN3.2ClH/c1-7(12)3-2-4-8-6-14-10(13)5-9(8)11;;/h5-7H,3,12H2,1H3,(H2,13,14);2*1H/t7-;;/m0../s1. The molecule has 0 spiro atoms. The van der Waals surface area contributed by atoms with Crippen molar-refractivity contribution in [1.29, 1.82) is 0 Å². The number of nitrogens with zero attached hydrogens (tertiary/aromatic N) is 1. The van der Waals surface area contributed by atoms with E-state index >= 15 is 0 Å². The van der Waals surface area contributed by atoms with Crippen molar-refractivity contribution in [3.05, 3.63) is 23.6 Å². The number of hydrogen-bond donors (Lipinski definition) is 2. The van der Waals surface area contributed by atoms with E-state index in [9.17, 15) is 4.39 Å². The molecule has 6 heteroatoms. The molecule has 0 aliphatic heterocycles. The van der Waals surface area contributed by atoms with Gasteiger partial charge in [-0.2, -0.15) is 0 Å². The second-order valence-corrected chi connectivity index (χ2v) is 3.07. The first-order valence-electron chi connectivity index (χ1n) is 4.25. The first-order chi connectivity index (χ1) is 6.59. The Morgan fingerprint density at radius 1 is 1.50 bits per heavy atom. The zero-order valence-corrected chi connectivity index (χ0v) is 10.4. The zero-order valence-electron chi connectivity index (χ0n) is 8.74. The van der Waals surface area contributed by atoms with E-state index in [1.807, 2.05) is 6.92 Å². The van der Waals surface area contributed by atoms with Gasteiger partial charge in [0.05, 0.1) is 5.56 Å². The van der Waals surface area contributed by atoms with Gasteiger partial charge in [-0.05, 0) is 6.92 Å². The van der Waals surface area contributed by atoms with Crippen LogP contribution in [0.1, 0.15) is 18.9 Å². The summed E-state index contributed by atoms with van der Waals surface area (Å²) in [5.41, 5.74) is 11.0. The topological polar surface area (TPSA) is 64.9 Å². The predicted octanol–water partition coefficient (Wildman–Crippen LogP) is 1.74. The van der Waals surface area contributed by atoms with E-state index < -0.39 is 5.82 Å². The van der Waals surface area contributed by atoms with Crippen LogP contribution in [0.3, 0.4) is 0 Å². The smallest absolute Gasteiger partial charge is 0.144 e. The van der Waals surface area contributed by atoms with Crippen LogP contribution in [-0.4, -0.2) is 11.0 Å². The van der Waals surface area contributed by atoms with Gasteiger partial charge in [-0.3, -0.25) is 0 Å². The summed E-state index contributed by atoms with van der Waals surface area (Å²) in [5.74, 6) is 5.12. The fourth-order valence-electron chi connectivity index (χ4n) is 0.845. The summed E-state index contributed by atoms with van der Waals surface area (Å²) in [5, 5.41) is 0. The number of halogens is 3. The van der Waals surface area contributed by atoms with Crippen LogP contribution in [0.2, 0.25) is 0 Å². The van der Waals surface area contributed by atoms with Crippen molar-refractivity contribution in [2.75, 3.05) is 5.73 Å². The fraction of sp³-hybridized carbons (Fsp3) is 0.300.